The molecule has 1 aliphatic heterocycles. The number of aryl methyl sites for hydroxylation is 1. The molecule has 0 saturated carbocycles. The van der Waals surface area contributed by atoms with E-state index in [0.29, 0.717) is 12.8 Å². The van der Waals surface area contributed by atoms with Crippen molar-refractivity contribution in [2.24, 2.45) is 0 Å². The van der Waals surface area contributed by atoms with Gasteiger partial charge in [0.05, 0.1) is 0 Å². The average molecular weight is 221 g/mol. The fraction of sp³-hybridized carbons (Fsp3) is 0.462. The lowest BCUT2D eigenvalue weighted by atomic mass is 10.1. The maximum Gasteiger partial charge on any atom is 0.125 e. The summed E-state index contributed by atoms with van der Waals surface area (Å²) >= 11 is 0. The quantitative estimate of drug-likeness (QED) is 0.728. The molecular formula is C13H16FNO. The average Bonchev–Trinajstić information content (AvgIpc) is 2.80. The van der Waals surface area contributed by atoms with Crippen LogP contribution in [0.15, 0.2) is 18.2 Å². The molecule has 1 aliphatic rings. The number of rotatable bonds is 4. The van der Waals surface area contributed by atoms with Gasteiger partial charge in [-0.15, -0.1) is 0 Å². The van der Waals surface area contributed by atoms with Crippen LogP contribution in [0.5, 0.6) is 0 Å². The predicted octanol–water partition coefficient (Wildman–Crippen LogP) is 2.56. The summed E-state index contributed by atoms with van der Waals surface area (Å²) in [5.41, 5.74) is 2.05. The predicted molar refractivity (Wildman–Crippen MR) is 62.2 cm³/mol. The second-order valence-electron chi connectivity index (χ2n) is 4.17. The van der Waals surface area contributed by atoms with Gasteiger partial charge in [0.2, 0.25) is 0 Å². The molecule has 1 aromatic rings. The molecule has 2 rings (SSSR count). The van der Waals surface area contributed by atoms with Crippen LogP contribution in [0.1, 0.15) is 24.8 Å². The second-order valence-corrected chi connectivity index (χ2v) is 4.17. The van der Waals surface area contributed by atoms with Crippen LogP contribution in [0.4, 0.5) is 10.1 Å². The maximum atomic E-state index is 13.2. The van der Waals surface area contributed by atoms with Crippen molar-refractivity contribution in [3.63, 3.8) is 0 Å². The van der Waals surface area contributed by atoms with Crippen molar-refractivity contribution in [2.75, 3.05) is 18.0 Å². The fourth-order valence-corrected chi connectivity index (χ4v) is 2.22. The van der Waals surface area contributed by atoms with Gasteiger partial charge >= 0.3 is 0 Å². The molecule has 0 spiro atoms. The van der Waals surface area contributed by atoms with Gasteiger partial charge in [0, 0.05) is 25.2 Å². The Labute approximate surface area is 95.1 Å². The third-order valence-corrected chi connectivity index (χ3v) is 3.03. The van der Waals surface area contributed by atoms with Gasteiger partial charge in [-0.3, -0.25) is 0 Å². The third kappa shape index (κ3) is 2.40. The van der Waals surface area contributed by atoms with Crippen molar-refractivity contribution in [1.29, 1.82) is 0 Å². The van der Waals surface area contributed by atoms with Crippen LogP contribution in [0.25, 0.3) is 0 Å². The highest BCUT2D eigenvalue weighted by atomic mass is 19.1. The molecule has 3 heteroatoms. The first-order valence-corrected chi connectivity index (χ1v) is 5.78. The number of nitrogens with zero attached hydrogens (tertiary/aromatic N) is 1. The molecule has 0 bridgehead atoms. The first kappa shape index (κ1) is 11.1. The number of hydrogen-bond acceptors (Lipinski definition) is 2. The highest BCUT2D eigenvalue weighted by Gasteiger charge is 2.16. The highest BCUT2D eigenvalue weighted by molar-refractivity contribution is 5.57. The van der Waals surface area contributed by atoms with Gasteiger partial charge in [-0.25, -0.2) is 4.39 Å². The fourth-order valence-electron chi connectivity index (χ4n) is 2.22. The van der Waals surface area contributed by atoms with Crippen molar-refractivity contribution in [1.82, 2.24) is 0 Å². The van der Waals surface area contributed by atoms with E-state index in [9.17, 15) is 9.18 Å². The van der Waals surface area contributed by atoms with Gasteiger partial charge in [-0.2, -0.15) is 0 Å². The molecule has 1 saturated heterocycles. The van der Waals surface area contributed by atoms with Gasteiger partial charge in [-0.05, 0) is 37.0 Å². The smallest absolute Gasteiger partial charge is 0.125 e. The van der Waals surface area contributed by atoms with E-state index in [4.69, 9.17) is 0 Å². The van der Waals surface area contributed by atoms with Crippen LogP contribution in [0, 0.1) is 5.82 Å². The summed E-state index contributed by atoms with van der Waals surface area (Å²) in [5, 5.41) is 0. The Bertz CT molecular complexity index is 372. The summed E-state index contributed by atoms with van der Waals surface area (Å²) in [6, 6.07) is 4.86. The molecule has 1 aromatic carbocycles. The zero-order chi connectivity index (χ0) is 11.4. The van der Waals surface area contributed by atoms with E-state index in [2.05, 4.69) is 4.90 Å². The molecule has 0 aromatic heterocycles. The Morgan fingerprint density at radius 1 is 1.31 bits per heavy atom. The van der Waals surface area contributed by atoms with Crippen molar-refractivity contribution < 1.29 is 9.18 Å². The Morgan fingerprint density at radius 2 is 2.06 bits per heavy atom. The van der Waals surface area contributed by atoms with E-state index >= 15 is 0 Å². The number of anilines is 1. The Hall–Kier alpha value is -1.38. The molecule has 2 nitrogen and oxygen atoms in total. The summed E-state index contributed by atoms with van der Waals surface area (Å²) in [6.07, 6.45) is 4.46. The van der Waals surface area contributed by atoms with Crippen LogP contribution in [0.2, 0.25) is 0 Å². The van der Waals surface area contributed by atoms with Crippen LogP contribution < -0.4 is 4.90 Å². The molecule has 0 radical (unpaired) electrons. The van der Waals surface area contributed by atoms with Crippen LogP contribution in [-0.2, 0) is 11.2 Å². The Kier molecular flexibility index (Phi) is 3.54. The van der Waals surface area contributed by atoms with E-state index in [0.717, 1.165) is 30.6 Å². The summed E-state index contributed by atoms with van der Waals surface area (Å²) in [5.74, 6) is -0.197. The van der Waals surface area contributed by atoms with Gasteiger partial charge in [0.25, 0.3) is 0 Å². The van der Waals surface area contributed by atoms with E-state index in [1.165, 1.54) is 18.9 Å². The lowest BCUT2D eigenvalue weighted by molar-refractivity contribution is -0.107. The van der Waals surface area contributed by atoms with Gasteiger partial charge in [0.15, 0.2) is 0 Å². The topological polar surface area (TPSA) is 20.3 Å². The Balaban J connectivity index is 2.24. The first-order valence-electron chi connectivity index (χ1n) is 5.78. The maximum absolute atomic E-state index is 13.2. The second kappa shape index (κ2) is 5.10. The summed E-state index contributed by atoms with van der Waals surface area (Å²) < 4.78 is 13.2. The summed E-state index contributed by atoms with van der Waals surface area (Å²) in [7, 11) is 0. The number of aldehydes is 1. The molecule has 0 amide bonds. The standard InChI is InChI=1S/C13H16FNO/c14-12-6-5-11(4-3-9-16)13(10-12)15-7-1-2-8-15/h5-6,9-10H,1-4,7-8H2. The first-order chi connectivity index (χ1) is 7.81. The summed E-state index contributed by atoms with van der Waals surface area (Å²) in [4.78, 5) is 12.6. The van der Waals surface area contributed by atoms with Crippen molar-refractivity contribution in [3.05, 3.63) is 29.6 Å². The molecule has 86 valence electrons. The van der Waals surface area contributed by atoms with Crippen LogP contribution in [-0.4, -0.2) is 19.4 Å². The molecule has 0 N–H and O–H groups in total. The number of hydrogen-bond donors (Lipinski definition) is 0. The van der Waals surface area contributed by atoms with Gasteiger partial charge in [-0.1, -0.05) is 6.07 Å². The SMILES string of the molecule is O=CCCc1ccc(F)cc1N1CCCC1. The van der Waals surface area contributed by atoms with Crippen molar-refractivity contribution in [3.8, 4) is 0 Å². The number of carbonyl (C=O) groups is 1. The van der Waals surface area contributed by atoms with Gasteiger partial charge in [0.1, 0.15) is 12.1 Å². The summed E-state index contributed by atoms with van der Waals surface area (Å²) in [6.45, 7) is 2.00. The third-order valence-electron chi connectivity index (χ3n) is 3.03. The van der Waals surface area contributed by atoms with Crippen molar-refractivity contribution >= 4 is 12.0 Å². The Morgan fingerprint density at radius 3 is 2.75 bits per heavy atom. The van der Waals surface area contributed by atoms with Gasteiger partial charge < -0.3 is 9.69 Å². The zero-order valence-electron chi connectivity index (χ0n) is 9.29. The molecular weight excluding hydrogens is 205 g/mol. The molecule has 0 aliphatic carbocycles. The zero-order valence-corrected chi connectivity index (χ0v) is 9.29. The van der Waals surface area contributed by atoms with E-state index in [1.807, 2.05) is 0 Å². The minimum Gasteiger partial charge on any atom is -0.371 e. The number of benzene rings is 1. The normalized spacial score (nSPS) is 15.4. The molecule has 16 heavy (non-hydrogen) atoms. The van der Waals surface area contributed by atoms with Crippen LogP contribution >= 0.6 is 0 Å². The minimum absolute atomic E-state index is 0.197. The number of halogens is 1. The monoisotopic (exact) mass is 221 g/mol. The molecule has 1 fully saturated rings. The minimum atomic E-state index is -0.197. The largest absolute Gasteiger partial charge is 0.371 e. The lowest BCUT2D eigenvalue weighted by Gasteiger charge is -2.21. The number of carbonyl (C=O) groups excluding carboxylic acids is 1. The van der Waals surface area contributed by atoms with E-state index in [-0.39, 0.29) is 5.82 Å². The van der Waals surface area contributed by atoms with Crippen molar-refractivity contribution in [2.45, 2.75) is 25.7 Å². The van der Waals surface area contributed by atoms with E-state index in [1.54, 1.807) is 12.1 Å². The molecule has 0 unspecified atom stereocenters. The van der Waals surface area contributed by atoms with E-state index < -0.39 is 0 Å². The highest BCUT2D eigenvalue weighted by Crippen LogP contribution is 2.26. The van der Waals surface area contributed by atoms with Crippen LogP contribution in [0.3, 0.4) is 0 Å². The molecule has 1 heterocycles. The molecule has 0 atom stereocenters. The lowest BCUT2D eigenvalue weighted by Crippen LogP contribution is -2.19.